The van der Waals surface area contributed by atoms with Crippen LogP contribution in [0.4, 0.5) is 11.4 Å². The Morgan fingerprint density at radius 2 is 1.62 bits per heavy atom. The molecule has 0 saturated carbocycles. The van der Waals surface area contributed by atoms with Crippen molar-refractivity contribution in [2.75, 3.05) is 36.4 Å². The molecule has 1 atom stereocenters. The highest BCUT2D eigenvalue weighted by Gasteiger charge is 2.27. The minimum Gasteiger partial charge on any atom is -0.371 e. The van der Waals surface area contributed by atoms with Crippen molar-refractivity contribution in [1.82, 2.24) is 4.90 Å². The Kier molecular flexibility index (Phi) is 9.01. The third kappa shape index (κ3) is 6.26. The number of carbonyl (C=O) groups is 2. The fraction of sp³-hybridized carbons (Fsp3) is 0.704. The lowest BCUT2D eigenvalue weighted by Gasteiger charge is -2.35. The third-order valence-electron chi connectivity index (χ3n) is 7.46. The van der Waals surface area contributed by atoms with Crippen LogP contribution in [0, 0.1) is 17.8 Å². The van der Waals surface area contributed by atoms with E-state index in [1.54, 1.807) is 0 Å². The molecule has 5 heteroatoms. The molecule has 0 aliphatic carbocycles. The number of likely N-dealkylation sites (tertiary alicyclic amines) is 1. The number of nitrogens with zero attached hydrogens (tertiary/aromatic N) is 2. The summed E-state index contributed by atoms with van der Waals surface area (Å²) >= 11 is 0. The highest BCUT2D eigenvalue weighted by Crippen LogP contribution is 2.31. The van der Waals surface area contributed by atoms with Crippen molar-refractivity contribution in [3.63, 3.8) is 0 Å². The smallest absolute Gasteiger partial charge is 0.256 e. The summed E-state index contributed by atoms with van der Waals surface area (Å²) in [5, 5.41) is 3.12. The molecular weight excluding hydrogens is 398 g/mol. The average Bonchev–Trinajstić information content (AvgIpc) is 2.80. The normalized spacial score (nSPS) is 19.1. The van der Waals surface area contributed by atoms with Gasteiger partial charge < -0.3 is 15.1 Å². The molecule has 32 heavy (non-hydrogen) atoms. The number of nitrogens with one attached hydrogen (secondary N) is 1. The minimum atomic E-state index is 0.0287. The molecule has 2 fully saturated rings. The predicted octanol–water partition coefficient (Wildman–Crippen LogP) is 5.95. The standard InChI is InChI=1S/C27H43N3O2/c1-5-7-8-22(6-2)26(31)28-23-9-10-25(29-15-11-20(3)12-16-29)24(19-23)27(32)30-17-13-21(4)14-18-30/h9-10,19-22H,5-8,11-18H2,1-4H3,(H,28,31)/t22-/m1/s1. The molecule has 0 radical (unpaired) electrons. The van der Waals surface area contributed by atoms with Gasteiger partial charge in [-0.2, -0.15) is 0 Å². The van der Waals surface area contributed by atoms with Crippen LogP contribution < -0.4 is 10.2 Å². The molecule has 3 rings (SSSR count). The summed E-state index contributed by atoms with van der Waals surface area (Å²) in [6.45, 7) is 12.4. The predicted molar refractivity (Wildman–Crippen MR) is 133 cm³/mol. The Morgan fingerprint density at radius 3 is 2.22 bits per heavy atom. The molecule has 2 heterocycles. The van der Waals surface area contributed by atoms with Gasteiger partial charge in [-0.25, -0.2) is 0 Å². The first-order valence-electron chi connectivity index (χ1n) is 12.9. The number of carbonyl (C=O) groups excluding carboxylic acids is 2. The summed E-state index contributed by atoms with van der Waals surface area (Å²) in [5.74, 6) is 1.63. The van der Waals surface area contributed by atoms with E-state index in [1.807, 2.05) is 17.0 Å². The van der Waals surface area contributed by atoms with Gasteiger partial charge in [0.2, 0.25) is 5.91 Å². The zero-order valence-corrected chi connectivity index (χ0v) is 20.7. The molecule has 5 nitrogen and oxygen atoms in total. The van der Waals surface area contributed by atoms with E-state index in [1.165, 1.54) is 0 Å². The molecule has 2 aliphatic heterocycles. The van der Waals surface area contributed by atoms with Crippen LogP contribution in [0.2, 0.25) is 0 Å². The van der Waals surface area contributed by atoms with Crippen molar-refractivity contribution in [1.29, 1.82) is 0 Å². The Bertz CT molecular complexity index is 762. The van der Waals surface area contributed by atoms with Crippen molar-refractivity contribution < 1.29 is 9.59 Å². The van der Waals surface area contributed by atoms with Crippen LogP contribution in [0.3, 0.4) is 0 Å². The van der Waals surface area contributed by atoms with Gasteiger partial charge in [0, 0.05) is 43.5 Å². The van der Waals surface area contributed by atoms with Crippen LogP contribution in [-0.4, -0.2) is 42.9 Å². The van der Waals surface area contributed by atoms with E-state index >= 15 is 0 Å². The van der Waals surface area contributed by atoms with Gasteiger partial charge >= 0.3 is 0 Å². The van der Waals surface area contributed by atoms with E-state index in [4.69, 9.17) is 0 Å². The van der Waals surface area contributed by atoms with Gasteiger partial charge in [-0.3, -0.25) is 9.59 Å². The molecule has 2 amide bonds. The topological polar surface area (TPSA) is 52.7 Å². The molecule has 0 bridgehead atoms. The molecule has 1 aromatic rings. The van der Waals surface area contributed by atoms with Crippen molar-refractivity contribution in [3.8, 4) is 0 Å². The number of hydrogen-bond acceptors (Lipinski definition) is 3. The number of hydrogen-bond donors (Lipinski definition) is 1. The second-order valence-electron chi connectivity index (χ2n) is 10.1. The van der Waals surface area contributed by atoms with Gasteiger partial charge in [-0.15, -0.1) is 0 Å². The highest BCUT2D eigenvalue weighted by molar-refractivity contribution is 6.02. The van der Waals surface area contributed by atoms with Crippen LogP contribution in [0.5, 0.6) is 0 Å². The summed E-state index contributed by atoms with van der Waals surface area (Å²) < 4.78 is 0. The monoisotopic (exact) mass is 441 g/mol. The Morgan fingerprint density at radius 1 is 1.00 bits per heavy atom. The molecule has 2 aliphatic rings. The lowest BCUT2D eigenvalue weighted by atomic mass is 9.96. The van der Waals surface area contributed by atoms with Gasteiger partial charge in [0.1, 0.15) is 0 Å². The minimum absolute atomic E-state index is 0.0287. The summed E-state index contributed by atoms with van der Waals surface area (Å²) in [6.07, 6.45) is 8.36. The zero-order chi connectivity index (χ0) is 23.1. The molecule has 0 unspecified atom stereocenters. The Hall–Kier alpha value is -2.04. The van der Waals surface area contributed by atoms with Crippen molar-refractivity contribution in [3.05, 3.63) is 23.8 Å². The molecule has 1 aromatic carbocycles. The molecule has 1 N–H and O–H groups in total. The first kappa shape index (κ1) is 24.6. The first-order chi connectivity index (χ1) is 15.4. The van der Waals surface area contributed by atoms with Crippen LogP contribution in [-0.2, 0) is 4.79 Å². The highest BCUT2D eigenvalue weighted by atomic mass is 16.2. The van der Waals surface area contributed by atoms with E-state index < -0.39 is 0 Å². The van der Waals surface area contributed by atoms with Crippen LogP contribution >= 0.6 is 0 Å². The molecular formula is C27H43N3O2. The summed E-state index contributed by atoms with van der Waals surface area (Å²) in [7, 11) is 0. The maximum absolute atomic E-state index is 13.6. The number of piperidine rings is 2. The molecule has 0 aromatic heterocycles. The van der Waals surface area contributed by atoms with E-state index in [0.29, 0.717) is 5.92 Å². The molecule has 0 spiro atoms. The largest absolute Gasteiger partial charge is 0.371 e. The summed E-state index contributed by atoms with van der Waals surface area (Å²) in [6, 6.07) is 5.96. The summed E-state index contributed by atoms with van der Waals surface area (Å²) in [5.41, 5.74) is 2.51. The van der Waals surface area contributed by atoms with Crippen molar-refractivity contribution >= 4 is 23.2 Å². The quantitative estimate of drug-likeness (QED) is 0.542. The van der Waals surface area contributed by atoms with Crippen molar-refractivity contribution in [2.24, 2.45) is 17.8 Å². The van der Waals surface area contributed by atoms with Gasteiger partial charge in [0.15, 0.2) is 0 Å². The van der Waals surface area contributed by atoms with Crippen molar-refractivity contribution in [2.45, 2.75) is 79.1 Å². The molecule has 2 saturated heterocycles. The van der Waals surface area contributed by atoms with Crippen LogP contribution in [0.25, 0.3) is 0 Å². The second-order valence-corrected chi connectivity index (χ2v) is 10.1. The summed E-state index contributed by atoms with van der Waals surface area (Å²) in [4.78, 5) is 30.8. The van der Waals surface area contributed by atoms with E-state index in [0.717, 1.165) is 100 Å². The maximum Gasteiger partial charge on any atom is 0.256 e. The lowest BCUT2D eigenvalue weighted by molar-refractivity contribution is -0.120. The van der Waals surface area contributed by atoms with Crippen LogP contribution in [0.15, 0.2) is 18.2 Å². The van der Waals surface area contributed by atoms with Gasteiger partial charge in [-0.1, -0.05) is 40.5 Å². The van der Waals surface area contributed by atoms with E-state index in [9.17, 15) is 9.59 Å². The second kappa shape index (κ2) is 11.7. The Labute approximate surface area is 194 Å². The van der Waals surface area contributed by atoms with Crippen LogP contribution in [0.1, 0.15) is 89.4 Å². The van der Waals surface area contributed by atoms with Gasteiger partial charge in [0.25, 0.3) is 5.91 Å². The van der Waals surface area contributed by atoms with Gasteiger partial charge in [0.05, 0.1) is 5.56 Å². The SMILES string of the molecule is CCCC[C@@H](CC)C(=O)Nc1ccc(N2CCC(C)CC2)c(C(=O)N2CCC(C)CC2)c1. The third-order valence-corrected chi connectivity index (χ3v) is 7.46. The first-order valence-corrected chi connectivity index (χ1v) is 12.9. The van der Waals surface area contributed by atoms with E-state index in [2.05, 4.69) is 44.0 Å². The lowest BCUT2D eigenvalue weighted by Crippen LogP contribution is -2.40. The van der Waals surface area contributed by atoms with Gasteiger partial charge in [-0.05, 0) is 68.6 Å². The fourth-order valence-corrected chi connectivity index (χ4v) is 4.91. The number of rotatable bonds is 8. The number of unbranched alkanes of at least 4 members (excludes halogenated alkanes) is 1. The number of amides is 2. The average molecular weight is 442 g/mol. The Balaban J connectivity index is 1.83. The zero-order valence-electron chi connectivity index (χ0n) is 20.7. The number of benzene rings is 1. The maximum atomic E-state index is 13.6. The molecule has 178 valence electrons. The fourth-order valence-electron chi connectivity index (χ4n) is 4.91. The van der Waals surface area contributed by atoms with E-state index in [-0.39, 0.29) is 17.7 Å². The number of anilines is 2.